The van der Waals surface area contributed by atoms with Crippen LogP contribution in [-0.2, 0) is 0 Å². The molecule has 0 aromatic heterocycles. The van der Waals surface area contributed by atoms with Crippen molar-refractivity contribution in [1.29, 1.82) is 0 Å². The Morgan fingerprint density at radius 3 is 2.78 bits per heavy atom. The van der Waals surface area contributed by atoms with E-state index in [2.05, 4.69) is 5.32 Å². The molecule has 0 radical (unpaired) electrons. The van der Waals surface area contributed by atoms with E-state index < -0.39 is 0 Å². The summed E-state index contributed by atoms with van der Waals surface area (Å²) in [7, 11) is 1.68. The maximum absolute atomic E-state index is 6.01. The Labute approximate surface area is 107 Å². The second-order valence-electron chi connectivity index (χ2n) is 5.10. The average Bonchev–Trinajstić information content (AvgIpc) is 2.81. The van der Waals surface area contributed by atoms with Crippen LogP contribution in [0.1, 0.15) is 24.8 Å². The molecule has 1 aromatic carbocycles. The van der Waals surface area contributed by atoms with Crippen molar-refractivity contribution in [2.75, 3.05) is 7.11 Å². The second kappa shape index (κ2) is 4.61. The number of hydrogen-bond acceptors (Lipinski definition) is 4. The Kier molecular flexibility index (Phi) is 2.96. The quantitative estimate of drug-likeness (QED) is 0.825. The lowest BCUT2D eigenvalue weighted by Gasteiger charge is -2.28. The highest BCUT2D eigenvalue weighted by molar-refractivity contribution is 6.00. The minimum absolute atomic E-state index is 0.323. The fourth-order valence-corrected chi connectivity index (χ4v) is 2.78. The highest BCUT2D eigenvalue weighted by Crippen LogP contribution is 2.26. The molecule has 0 amide bonds. The van der Waals surface area contributed by atoms with E-state index >= 15 is 0 Å². The number of nitrogens with one attached hydrogen (secondary N) is 1. The van der Waals surface area contributed by atoms with Crippen LogP contribution < -0.4 is 15.8 Å². The van der Waals surface area contributed by atoms with Crippen LogP contribution in [0.5, 0.6) is 5.75 Å². The number of nitrogens with two attached hydrogens (primary N) is 1. The molecule has 3 N–H and O–H groups in total. The molecule has 18 heavy (non-hydrogen) atoms. The summed E-state index contributed by atoms with van der Waals surface area (Å²) in [4.78, 5) is 4.78. The molecule has 0 saturated heterocycles. The summed E-state index contributed by atoms with van der Waals surface area (Å²) in [6.45, 7) is 0. The topological polar surface area (TPSA) is 59.6 Å². The number of benzene rings is 1. The summed E-state index contributed by atoms with van der Waals surface area (Å²) >= 11 is 0. The number of rotatable bonds is 2. The van der Waals surface area contributed by atoms with Crippen molar-refractivity contribution < 1.29 is 4.74 Å². The Morgan fingerprint density at radius 1 is 1.28 bits per heavy atom. The predicted octanol–water partition coefficient (Wildman–Crippen LogP) is 1.29. The minimum Gasteiger partial charge on any atom is -0.497 e. The molecule has 3 atom stereocenters. The van der Waals surface area contributed by atoms with E-state index in [0.29, 0.717) is 18.1 Å². The van der Waals surface area contributed by atoms with Gasteiger partial charge in [0.2, 0.25) is 0 Å². The zero-order valence-electron chi connectivity index (χ0n) is 10.6. The van der Waals surface area contributed by atoms with E-state index in [4.69, 9.17) is 15.5 Å². The van der Waals surface area contributed by atoms with Gasteiger partial charge in [-0.05, 0) is 43.5 Å². The van der Waals surface area contributed by atoms with Gasteiger partial charge in [-0.25, -0.2) is 0 Å². The van der Waals surface area contributed by atoms with Crippen LogP contribution in [0.3, 0.4) is 0 Å². The van der Waals surface area contributed by atoms with Crippen LogP contribution in [0.25, 0.3) is 0 Å². The first-order valence-corrected chi connectivity index (χ1v) is 6.50. The highest BCUT2D eigenvalue weighted by Gasteiger charge is 2.33. The van der Waals surface area contributed by atoms with E-state index in [1.807, 2.05) is 24.3 Å². The number of nitrogens with zero attached hydrogens (tertiary/aromatic N) is 1. The highest BCUT2D eigenvalue weighted by atomic mass is 16.5. The largest absolute Gasteiger partial charge is 0.497 e. The molecule has 1 fully saturated rings. The van der Waals surface area contributed by atoms with Gasteiger partial charge in [0.05, 0.1) is 19.2 Å². The van der Waals surface area contributed by atoms with Crippen molar-refractivity contribution in [1.82, 2.24) is 5.32 Å². The predicted molar refractivity (Wildman–Crippen MR) is 72.1 cm³/mol. The SMILES string of the molecule is COc1ccc(C2=NC3CCC(N)CC3N2)cc1. The molecule has 1 saturated carbocycles. The molecule has 1 aliphatic carbocycles. The molecule has 4 heteroatoms. The van der Waals surface area contributed by atoms with Gasteiger partial charge in [0.1, 0.15) is 11.6 Å². The third-order valence-electron chi connectivity index (χ3n) is 3.83. The van der Waals surface area contributed by atoms with Gasteiger partial charge in [-0.3, -0.25) is 4.99 Å². The monoisotopic (exact) mass is 245 g/mol. The Bertz CT molecular complexity index is 455. The number of methoxy groups -OCH3 is 1. The van der Waals surface area contributed by atoms with Crippen LogP contribution >= 0.6 is 0 Å². The lowest BCUT2D eigenvalue weighted by molar-refractivity contribution is 0.347. The molecule has 3 unspecified atom stereocenters. The average molecular weight is 245 g/mol. The first kappa shape index (κ1) is 11.5. The first-order valence-electron chi connectivity index (χ1n) is 6.50. The van der Waals surface area contributed by atoms with Crippen LogP contribution in [-0.4, -0.2) is 31.1 Å². The second-order valence-corrected chi connectivity index (χ2v) is 5.10. The molecule has 3 rings (SSSR count). The molecule has 2 aliphatic rings. The number of amidine groups is 1. The molecular formula is C14H19N3O. The molecule has 4 nitrogen and oxygen atoms in total. The van der Waals surface area contributed by atoms with E-state index in [1.54, 1.807) is 7.11 Å². The van der Waals surface area contributed by atoms with Gasteiger partial charge in [0.25, 0.3) is 0 Å². The number of hydrogen-bond donors (Lipinski definition) is 2. The van der Waals surface area contributed by atoms with Crippen molar-refractivity contribution in [3.8, 4) is 5.75 Å². The van der Waals surface area contributed by atoms with Crippen LogP contribution in [0.15, 0.2) is 29.3 Å². The van der Waals surface area contributed by atoms with Crippen molar-refractivity contribution in [2.24, 2.45) is 10.7 Å². The van der Waals surface area contributed by atoms with E-state index in [-0.39, 0.29) is 0 Å². The summed E-state index contributed by atoms with van der Waals surface area (Å²) in [5, 5.41) is 3.51. The van der Waals surface area contributed by atoms with Gasteiger partial charge in [0.15, 0.2) is 0 Å². The zero-order chi connectivity index (χ0) is 12.5. The first-order chi connectivity index (χ1) is 8.76. The summed E-state index contributed by atoms with van der Waals surface area (Å²) < 4.78 is 5.16. The zero-order valence-corrected chi connectivity index (χ0v) is 10.6. The smallest absolute Gasteiger partial charge is 0.128 e. The molecule has 0 bridgehead atoms. The number of aliphatic imine (C=N–C) groups is 1. The number of ether oxygens (including phenoxy) is 1. The normalized spacial score (nSPS) is 30.3. The summed E-state index contributed by atoms with van der Waals surface area (Å²) in [5.41, 5.74) is 7.13. The van der Waals surface area contributed by atoms with Crippen molar-refractivity contribution >= 4 is 5.84 Å². The Hall–Kier alpha value is -1.55. The van der Waals surface area contributed by atoms with Crippen molar-refractivity contribution in [3.05, 3.63) is 29.8 Å². The van der Waals surface area contributed by atoms with Crippen LogP contribution in [0.2, 0.25) is 0 Å². The van der Waals surface area contributed by atoms with Crippen molar-refractivity contribution in [2.45, 2.75) is 37.4 Å². The fourth-order valence-electron chi connectivity index (χ4n) is 2.78. The maximum atomic E-state index is 6.01. The minimum atomic E-state index is 0.323. The summed E-state index contributed by atoms with van der Waals surface area (Å²) in [6, 6.07) is 9.17. The maximum Gasteiger partial charge on any atom is 0.128 e. The Morgan fingerprint density at radius 2 is 2.06 bits per heavy atom. The molecule has 0 spiro atoms. The van der Waals surface area contributed by atoms with Gasteiger partial charge in [-0.15, -0.1) is 0 Å². The lowest BCUT2D eigenvalue weighted by atomic mass is 9.88. The third kappa shape index (κ3) is 2.08. The van der Waals surface area contributed by atoms with Crippen molar-refractivity contribution in [3.63, 3.8) is 0 Å². The summed E-state index contributed by atoms with van der Waals surface area (Å²) in [5.74, 6) is 1.87. The molecule has 1 aliphatic heterocycles. The molecule has 96 valence electrons. The third-order valence-corrected chi connectivity index (χ3v) is 3.83. The van der Waals surface area contributed by atoms with Gasteiger partial charge >= 0.3 is 0 Å². The van der Waals surface area contributed by atoms with E-state index in [1.165, 1.54) is 0 Å². The van der Waals surface area contributed by atoms with Gasteiger partial charge in [0, 0.05) is 11.6 Å². The summed E-state index contributed by atoms with van der Waals surface area (Å²) in [6.07, 6.45) is 3.20. The standard InChI is InChI=1S/C14H19N3O/c1-18-11-5-2-9(3-6-11)14-16-12-7-4-10(15)8-13(12)17-14/h2-3,5-6,10,12-13H,4,7-8,15H2,1H3,(H,16,17). The lowest BCUT2D eigenvalue weighted by Crippen LogP contribution is -2.44. The molecule has 1 aromatic rings. The van der Waals surface area contributed by atoms with Crippen LogP contribution in [0, 0.1) is 0 Å². The van der Waals surface area contributed by atoms with Crippen LogP contribution in [0.4, 0.5) is 0 Å². The fraction of sp³-hybridized carbons (Fsp3) is 0.500. The van der Waals surface area contributed by atoms with Gasteiger partial charge in [-0.1, -0.05) is 0 Å². The van der Waals surface area contributed by atoms with E-state index in [9.17, 15) is 0 Å². The Balaban J connectivity index is 1.77. The van der Waals surface area contributed by atoms with E-state index in [0.717, 1.165) is 36.4 Å². The van der Waals surface area contributed by atoms with Gasteiger partial charge < -0.3 is 15.8 Å². The molecule has 1 heterocycles. The number of fused-ring (bicyclic) bond motifs is 1. The van der Waals surface area contributed by atoms with Gasteiger partial charge in [-0.2, -0.15) is 0 Å². The molecular weight excluding hydrogens is 226 g/mol.